The number of phenolic OH excluding ortho intramolecular Hbond substituents is 1. The summed E-state index contributed by atoms with van der Waals surface area (Å²) in [4.78, 5) is 60.4. The molecule has 17 heteroatoms. The Balaban J connectivity index is 1.55. The number of fused-ring (bicyclic) bond motifs is 2. The van der Waals surface area contributed by atoms with Gasteiger partial charge in [-0.25, -0.2) is 8.78 Å². The van der Waals surface area contributed by atoms with Gasteiger partial charge in [-0.2, -0.15) is 0 Å². The number of carbonyl (C=O) groups is 4. The number of rotatable bonds is 16. The molecule has 0 atom stereocenters. The summed E-state index contributed by atoms with van der Waals surface area (Å²) in [6, 6.07) is 12.4. The highest BCUT2D eigenvalue weighted by atomic mass is 19.1. The number of benzene rings is 4. The van der Waals surface area contributed by atoms with Crippen LogP contribution in [0.1, 0.15) is 5.56 Å². The third kappa shape index (κ3) is 8.70. The van der Waals surface area contributed by atoms with Crippen molar-refractivity contribution in [2.45, 2.75) is 6.92 Å². The Labute approximate surface area is 297 Å². The van der Waals surface area contributed by atoms with E-state index in [0.29, 0.717) is 5.56 Å². The van der Waals surface area contributed by atoms with E-state index in [4.69, 9.17) is 13.9 Å². The minimum Gasteiger partial charge on any atom is -0.505 e. The van der Waals surface area contributed by atoms with Crippen LogP contribution in [-0.4, -0.2) is 88.8 Å². The molecule has 1 aliphatic heterocycles. The molecule has 5 rings (SSSR count). The second-order valence-electron chi connectivity index (χ2n) is 11.7. The fourth-order valence-corrected chi connectivity index (χ4v) is 5.62. The minimum atomic E-state index is -1.36. The average Bonchev–Trinajstić information content (AvgIpc) is 3.06. The van der Waals surface area contributed by atoms with Gasteiger partial charge in [-0.3, -0.25) is 24.0 Å². The van der Waals surface area contributed by atoms with Gasteiger partial charge in [0.1, 0.15) is 62.2 Å². The Morgan fingerprint density at radius 2 is 1.32 bits per heavy atom. The van der Waals surface area contributed by atoms with E-state index in [1.807, 2.05) is 0 Å². The van der Waals surface area contributed by atoms with E-state index in [-0.39, 0.29) is 69.5 Å². The number of carboxylic acid groups (broad SMARTS) is 4. The largest absolute Gasteiger partial charge is 0.505 e. The van der Waals surface area contributed by atoms with Gasteiger partial charge in [0.25, 0.3) is 0 Å². The second kappa shape index (κ2) is 15.5. The van der Waals surface area contributed by atoms with Crippen LogP contribution in [0.3, 0.4) is 0 Å². The van der Waals surface area contributed by atoms with Crippen molar-refractivity contribution in [3.8, 4) is 39.7 Å². The summed E-state index contributed by atoms with van der Waals surface area (Å²) in [5.74, 6) is -8.09. The molecular weight excluding hydrogens is 706 g/mol. The van der Waals surface area contributed by atoms with Crippen LogP contribution >= 0.6 is 0 Å². The molecule has 1 aliphatic carbocycles. The summed E-state index contributed by atoms with van der Waals surface area (Å²) in [5, 5.41) is 47.7. The SMILES string of the molecule is Cc1ccc(N(CC(=O)O)CC(=O)O)cc1OCCOc1cc(-c2c3cc(F)c(=O)cc-3oc3cc(O)c(F)cc23)ccc1N(CC(=O)O)CC(=O)O. The molecule has 3 aromatic rings. The van der Waals surface area contributed by atoms with Crippen LogP contribution in [-0.2, 0) is 19.2 Å². The zero-order valence-corrected chi connectivity index (χ0v) is 27.7. The first-order valence-corrected chi connectivity index (χ1v) is 15.6. The Bertz CT molecular complexity index is 2240. The minimum absolute atomic E-state index is 0.0146. The van der Waals surface area contributed by atoms with Crippen LogP contribution in [0.4, 0.5) is 20.2 Å². The Morgan fingerprint density at radius 3 is 1.94 bits per heavy atom. The van der Waals surface area contributed by atoms with Crippen LogP contribution in [0, 0.1) is 18.6 Å². The number of aromatic hydroxyl groups is 1. The van der Waals surface area contributed by atoms with Crippen LogP contribution in [0.5, 0.6) is 17.2 Å². The van der Waals surface area contributed by atoms with Crippen molar-refractivity contribution in [1.29, 1.82) is 0 Å². The van der Waals surface area contributed by atoms with Gasteiger partial charge < -0.3 is 49.2 Å². The van der Waals surface area contributed by atoms with E-state index in [0.717, 1.165) is 34.1 Å². The van der Waals surface area contributed by atoms with Crippen molar-refractivity contribution in [1.82, 2.24) is 0 Å². The summed E-state index contributed by atoms with van der Waals surface area (Å²) < 4.78 is 47.0. The molecule has 0 saturated carbocycles. The number of phenols is 1. The van der Waals surface area contributed by atoms with Gasteiger partial charge in [0, 0.05) is 40.4 Å². The summed E-state index contributed by atoms with van der Waals surface area (Å²) in [6.45, 7) is -1.45. The number of aryl methyl sites for hydroxylation is 1. The van der Waals surface area contributed by atoms with Crippen molar-refractivity contribution in [2.24, 2.45) is 0 Å². The molecule has 15 nitrogen and oxygen atoms in total. The van der Waals surface area contributed by atoms with Crippen molar-refractivity contribution < 1.29 is 67.4 Å². The summed E-state index contributed by atoms with van der Waals surface area (Å²) in [6.07, 6.45) is 0. The fourth-order valence-electron chi connectivity index (χ4n) is 5.62. The lowest BCUT2D eigenvalue weighted by Crippen LogP contribution is -2.34. The number of hydrogen-bond acceptors (Lipinski definition) is 11. The number of anilines is 2. The summed E-state index contributed by atoms with van der Waals surface area (Å²) in [7, 11) is 0. The molecule has 0 spiro atoms. The van der Waals surface area contributed by atoms with E-state index < -0.39 is 72.9 Å². The lowest BCUT2D eigenvalue weighted by atomic mass is 9.93. The smallest absolute Gasteiger partial charge is 0.323 e. The maximum atomic E-state index is 14.7. The van der Waals surface area contributed by atoms with Gasteiger partial charge in [0.2, 0.25) is 5.43 Å². The Hall–Kier alpha value is -6.91. The maximum Gasteiger partial charge on any atom is 0.323 e. The molecule has 0 unspecified atom stereocenters. The van der Waals surface area contributed by atoms with Crippen molar-refractivity contribution in [3.63, 3.8) is 0 Å². The topological polar surface area (TPSA) is 225 Å². The fraction of sp³-hybridized carbons (Fsp3) is 0.194. The number of hydrogen-bond donors (Lipinski definition) is 5. The van der Waals surface area contributed by atoms with Gasteiger partial charge in [0.15, 0.2) is 17.4 Å². The molecule has 0 radical (unpaired) electrons. The summed E-state index contributed by atoms with van der Waals surface area (Å²) in [5.41, 5.74) is 0.190. The van der Waals surface area contributed by atoms with Crippen molar-refractivity contribution >= 4 is 46.2 Å². The van der Waals surface area contributed by atoms with Gasteiger partial charge in [-0.15, -0.1) is 0 Å². The molecular formula is C36H30F2N2O13. The Kier molecular flexibility index (Phi) is 11.0. The molecule has 0 fully saturated rings. The van der Waals surface area contributed by atoms with E-state index in [1.54, 1.807) is 13.0 Å². The Morgan fingerprint density at radius 1 is 0.717 bits per heavy atom. The maximum absolute atomic E-state index is 14.7. The van der Waals surface area contributed by atoms with Crippen molar-refractivity contribution in [2.75, 3.05) is 49.2 Å². The molecule has 53 heavy (non-hydrogen) atoms. The van der Waals surface area contributed by atoms with Gasteiger partial charge >= 0.3 is 23.9 Å². The van der Waals surface area contributed by atoms with E-state index in [2.05, 4.69) is 0 Å². The van der Waals surface area contributed by atoms with Crippen LogP contribution in [0.2, 0.25) is 0 Å². The number of aliphatic carboxylic acids is 4. The van der Waals surface area contributed by atoms with Crippen molar-refractivity contribution in [3.05, 3.63) is 88.1 Å². The van der Waals surface area contributed by atoms with Crippen LogP contribution < -0.4 is 24.7 Å². The third-order valence-electron chi connectivity index (χ3n) is 7.87. The number of nitrogens with zero attached hydrogens (tertiary/aromatic N) is 2. The molecule has 1 heterocycles. The van der Waals surface area contributed by atoms with Gasteiger partial charge in [-0.1, -0.05) is 12.1 Å². The zero-order chi connectivity index (χ0) is 38.6. The molecule has 5 N–H and O–H groups in total. The van der Waals surface area contributed by atoms with E-state index in [9.17, 15) is 58.3 Å². The highest BCUT2D eigenvalue weighted by Crippen LogP contribution is 2.44. The molecule has 0 saturated heterocycles. The number of carboxylic acids is 4. The number of halogens is 2. The quantitative estimate of drug-likeness (QED) is 0.0705. The molecule has 276 valence electrons. The first kappa shape index (κ1) is 37.3. The average molecular weight is 737 g/mol. The van der Waals surface area contributed by atoms with Crippen LogP contribution in [0.25, 0.3) is 33.4 Å². The molecule has 0 bridgehead atoms. The standard InChI is InChI=1S/C36H30F2N2O13/c1-18-2-4-20(39(14-32(43)44)15-33(45)46)9-28(18)51-6-7-52-31-8-19(3-5-25(31)40(16-34(47)48)17-35(49)50)36-21-10-23(37)26(41)12-29(21)53-30-13-27(42)24(38)11-22(30)36/h2-5,8-13,41H,6-7,14-17H2,1H3,(H,43,44)(H,45,46)(H,47,48)(H,49,50). The first-order valence-electron chi connectivity index (χ1n) is 15.6. The zero-order valence-electron chi connectivity index (χ0n) is 27.7. The van der Waals surface area contributed by atoms with Crippen LogP contribution in [0.15, 0.2) is 69.9 Å². The van der Waals surface area contributed by atoms with E-state index in [1.165, 1.54) is 30.3 Å². The molecule has 0 aromatic heterocycles. The lowest BCUT2D eigenvalue weighted by molar-refractivity contribution is -0.138. The predicted molar refractivity (Wildman–Crippen MR) is 183 cm³/mol. The summed E-state index contributed by atoms with van der Waals surface area (Å²) >= 11 is 0. The highest BCUT2D eigenvalue weighted by Gasteiger charge is 2.24. The van der Waals surface area contributed by atoms with Gasteiger partial charge in [-0.05, 0) is 48.4 Å². The molecule has 2 aliphatic rings. The first-order chi connectivity index (χ1) is 25.1. The normalized spacial score (nSPS) is 11.0. The second-order valence-corrected chi connectivity index (χ2v) is 11.7. The monoisotopic (exact) mass is 736 g/mol. The lowest BCUT2D eigenvalue weighted by Gasteiger charge is -2.25. The predicted octanol–water partition coefficient (Wildman–Crippen LogP) is 4.27. The number of ether oxygens (including phenoxy) is 2. The molecule has 3 aromatic carbocycles. The van der Waals surface area contributed by atoms with Gasteiger partial charge in [0.05, 0.1) is 5.69 Å². The highest BCUT2D eigenvalue weighted by molar-refractivity contribution is 6.02. The third-order valence-corrected chi connectivity index (χ3v) is 7.87. The molecule has 0 amide bonds. The van der Waals surface area contributed by atoms with E-state index >= 15 is 0 Å².